The fourth-order valence-electron chi connectivity index (χ4n) is 1.52. The molecule has 0 atom stereocenters. The van der Waals surface area contributed by atoms with E-state index in [4.69, 9.17) is 10.5 Å². The van der Waals surface area contributed by atoms with Crippen LogP contribution in [0.1, 0.15) is 19.4 Å². The highest BCUT2D eigenvalue weighted by Crippen LogP contribution is 2.19. The Morgan fingerprint density at radius 1 is 1.41 bits per heavy atom. The molecular weight excluding hydrogens is 280 g/mol. The highest BCUT2D eigenvalue weighted by Gasteiger charge is 2.04. The Kier molecular flexibility index (Phi) is 5.95. The molecule has 0 aliphatic rings. The molecule has 0 unspecified atom stereocenters. The van der Waals surface area contributed by atoms with Crippen molar-refractivity contribution in [2.75, 3.05) is 25.9 Å². The van der Waals surface area contributed by atoms with E-state index in [0.29, 0.717) is 6.10 Å². The van der Waals surface area contributed by atoms with E-state index in [2.05, 4.69) is 33.9 Å². The number of ether oxygens (including phenoxy) is 1. The molecule has 2 N–H and O–H groups in total. The van der Waals surface area contributed by atoms with Crippen molar-refractivity contribution in [1.82, 2.24) is 4.90 Å². The van der Waals surface area contributed by atoms with E-state index >= 15 is 0 Å². The SMILES string of the molecule is CC(C)OCCN(C)Cc1ccc(Br)cc1N. The molecule has 96 valence electrons. The summed E-state index contributed by atoms with van der Waals surface area (Å²) in [6.07, 6.45) is 0.293. The largest absolute Gasteiger partial charge is 0.398 e. The molecule has 1 aromatic rings. The molecular formula is C13H21BrN2O. The number of hydrogen-bond acceptors (Lipinski definition) is 3. The Hall–Kier alpha value is -0.580. The van der Waals surface area contributed by atoms with Crippen LogP contribution >= 0.6 is 15.9 Å². The third kappa shape index (κ3) is 5.52. The monoisotopic (exact) mass is 300 g/mol. The van der Waals surface area contributed by atoms with Crippen molar-refractivity contribution in [2.45, 2.75) is 26.5 Å². The normalized spacial score (nSPS) is 11.4. The Labute approximate surface area is 112 Å². The number of hydrogen-bond donors (Lipinski definition) is 1. The molecule has 0 aromatic heterocycles. The van der Waals surface area contributed by atoms with Crippen molar-refractivity contribution >= 4 is 21.6 Å². The second kappa shape index (κ2) is 6.99. The lowest BCUT2D eigenvalue weighted by Gasteiger charge is -2.18. The quantitative estimate of drug-likeness (QED) is 0.821. The van der Waals surface area contributed by atoms with E-state index in [-0.39, 0.29) is 0 Å². The minimum atomic E-state index is 0.293. The smallest absolute Gasteiger partial charge is 0.0596 e. The van der Waals surface area contributed by atoms with Crippen molar-refractivity contribution in [3.05, 3.63) is 28.2 Å². The van der Waals surface area contributed by atoms with Gasteiger partial charge in [0, 0.05) is 23.2 Å². The van der Waals surface area contributed by atoms with Gasteiger partial charge in [-0.1, -0.05) is 22.0 Å². The summed E-state index contributed by atoms with van der Waals surface area (Å²) < 4.78 is 6.54. The third-order valence-electron chi connectivity index (χ3n) is 2.47. The lowest BCUT2D eigenvalue weighted by Crippen LogP contribution is -2.24. The summed E-state index contributed by atoms with van der Waals surface area (Å²) in [6, 6.07) is 6.01. The van der Waals surface area contributed by atoms with Gasteiger partial charge in [-0.15, -0.1) is 0 Å². The maximum absolute atomic E-state index is 5.96. The second-order valence-corrected chi connectivity index (χ2v) is 5.42. The first-order valence-corrected chi connectivity index (χ1v) is 6.62. The molecule has 0 saturated heterocycles. The van der Waals surface area contributed by atoms with Gasteiger partial charge >= 0.3 is 0 Å². The van der Waals surface area contributed by atoms with Crippen LogP contribution < -0.4 is 5.73 Å². The fourth-order valence-corrected chi connectivity index (χ4v) is 1.90. The summed E-state index contributed by atoms with van der Waals surface area (Å²) in [5.74, 6) is 0. The van der Waals surface area contributed by atoms with E-state index in [1.54, 1.807) is 0 Å². The van der Waals surface area contributed by atoms with Gasteiger partial charge in [-0.25, -0.2) is 0 Å². The maximum Gasteiger partial charge on any atom is 0.0596 e. The number of rotatable bonds is 6. The molecule has 0 amide bonds. The van der Waals surface area contributed by atoms with E-state index in [1.165, 1.54) is 0 Å². The van der Waals surface area contributed by atoms with E-state index in [9.17, 15) is 0 Å². The summed E-state index contributed by atoms with van der Waals surface area (Å²) in [5.41, 5.74) is 7.94. The maximum atomic E-state index is 5.96. The van der Waals surface area contributed by atoms with Crippen LogP contribution in [0.5, 0.6) is 0 Å². The third-order valence-corrected chi connectivity index (χ3v) is 2.97. The van der Waals surface area contributed by atoms with Gasteiger partial charge in [0.2, 0.25) is 0 Å². The van der Waals surface area contributed by atoms with Gasteiger partial charge in [-0.3, -0.25) is 4.90 Å². The Balaban J connectivity index is 2.42. The van der Waals surface area contributed by atoms with Gasteiger partial charge in [-0.05, 0) is 38.6 Å². The molecule has 4 heteroatoms. The lowest BCUT2D eigenvalue weighted by atomic mass is 10.2. The van der Waals surface area contributed by atoms with Gasteiger partial charge in [-0.2, -0.15) is 0 Å². The highest BCUT2D eigenvalue weighted by molar-refractivity contribution is 9.10. The molecule has 0 heterocycles. The molecule has 0 aliphatic heterocycles. The van der Waals surface area contributed by atoms with Crippen LogP contribution in [0.15, 0.2) is 22.7 Å². The van der Waals surface area contributed by atoms with Crippen LogP contribution in [0.2, 0.25) is 0 Å². The Bertz CT molecular complexity index is 355. The average Bonchev–Trinajstić information content (AvgIpc) is 2.21. The number of nitrogen functional groups attached to an aromatic ring is 1. The molecule has 0 radical (unpaired) electrons. The highest BCUT2D eigenvalue weighted by atomic mass is 79.9. The summed E-state index contributed by atoms with van der Waals surface area (Å²) >= 11 is 3.41. The van der Waals surface area contributed by atoms with Crippen LogP contribution in [-0.4, -0.2) is 31.2 Å². The molecule has 3 nitrogen and oxygen atoms in total. The number of anilines is 1. The van der Waals surface area contributed by atoms with E-state index in [1.807, 2.05) is 26.0 Å². The number of benzene rings is 1. The lowest BCUT2D eigenvalue weighted by molar-refractivity contribution is 0.0627. The first-order valence-electron chi connectivity index (χ1n) is 5.83. The summed E-state index contributed by atoms with van der Waals surface area (Å²) in [4.78, 5) is 2.21. The van der Waals surface area contributed by atoms with Gasteiger partial charge in [0.1, 0.15) is 0 Å². The van der Waals surface area contributed by atoms with Gasteiger partial charge in [0.25, 0.3) is 0 Å². The Morgan fingerprint density at radius 3 is 2.71 bits per heavy atom. The Morgan fingerprint density at radius 2 is 2.12 bits per heavy atom. The zero-order chi connectivity index (χ0) is 12.8. The van der Waals surface area contributed by atoms with Crippen molar-refractivity contribution in [1.29, 1.82) is 0 Å². The average molecular weight is 301 g/mol. The standard InChI is InChI=1S/C13H21BrN2O/c1-10(2)17-7-6-16(3)9-11-4-5-12(14)8-13(11)15/h4-5,8,10H,6-7,9,15H2,1-3H3. The predicted octanol–water partition coefficient (Wildman–Crippen LogP) is 2.89. The fraction of sp³-hybridized carbons (Fsp3) is 0.538. The minimum Gasteiger partial charge on any atom is -0.398 e. The summed E-state index contributed by atoms with van der Waals surface area (Å²) in [6.45, 7) is 6.61. The molecule has 0 bridgehead atoms. The zero-order valence-corrected chi connectivity index (χ0v) is 12.3. The number of nitrogens with two attached hydrogens (primary N) is 1. The summed E-state index contributed by atoms with van der Waals surface area (Å²) in [7, 11) is 2.07. The van der Waals surface area contributed by atoms with Crippen molar-refractivity contribution in [3.63, 3.8) is 0 Å². The molecule has 0 saturated carbocycles. The number of likely N-dealkylation sites (N-methyl/N-ethyl adjacent to an activating group) is 1. The molecule has 1 aromatic carbocycles. The van der Waals surface area contributed by atoms with Crippen LogP contribution in [0.4, 0.5) is 5.69 Å². The number of nitrogens with zero attached hydrogens (tertiary/aromatic N) is 1. The van der Waals surface area contributed by atoms with Gasteiger partial charge in [0.05, 0.1) is 12.7 Å². The van der Waals surface area contributed by atoms with Crippen molar-refractivity contribution < 1.29 is 4.74 Å². The zero-order valence-electron chi connectivity index (χ0n) is 10.7. The number of halogens is 1. The van der Waals surface area contributed by atoms with Crippen LogP contribution in [-0.2, 0) is 11.3 Å². The second-order valence-electron chi connectivity index (χ2n) is 4.50. The molecule has 17 heavy (non-hydrogen) atoms. The first-order chi connectivity index (χ1) is 7.99. The van der Waals surface area contributed by atoms with Gasteiger partial charge < -0.3 is 10.5 Å². The predicted molar refractivity (Wildman–Crippen MR) is 76.0 cm³/mol. The topological polar surface area (TPSA) is 38.5 Å². The first kappa shape index (κ1) is 14.5. The molecule has 1 rings (SSSR count). The van der Waals surface area contributed by atoms with E-state index < -0.39 is 0 Å². The van der Waals surface area contributed by atoms with Crippen LogP contribution in [0.25, 0.3) is 0 Å². The van der Waals surface area contributed by atoms with Gasteiger partial charge in [0.15, 0.2) is 0 Å². The summed E-state index contributed by atoms with van der Waals surface area (Å²) in [5, 5.41) is 0. The van der Waals surface area contributed by atoms with Crippen LogP contribution in [0, 0.1) is 0 Å². The molecule has 0 spiro atoms. The van der Waals surface area contributed by atoms with Crippen molar-refractivity contribution in [3.8, 4) is 0 Å². The molecule has 0 aliphatic carbocycles. The molecule has 0 fully saturated rings. The van der Waals surface area contributed by atoms with E-state index in [0.717, 1.165) is 35.4 Å². The van der Waals surface area contributed by atoms with Crippen molar-refractivity contribution in [2.24, 2.45) is 0 Å². The minimum absolute atomic E-state index is 0.293. The van der Waals surface area contributed by atoms with Crippen LogP contribution in [0.3, 0.4) is 0 Å².